The highest BCUT2D eigenvalue weighted by atomic mass is 32.2. The van der Waals surface area contributed by atoms with Gasteiger partial charge in [-0.15, -0.1) is 0 Å². The second-order valence-electron chi connectivity index (χ2n) is 5.46. The van der Waals surface area contributed by atoms with E-state index in [1.165, 1.54) is 0 Å². The van der Waals surface area contributed by atoms with E-state index in [1.54, 1.807) is 0 Å². The number of hydrogen-bond donors (Lipinski definition) is 2. The predicted octanol–water partition coefficient (Wildman–Crippen LogP) is 0.961. The quantitative estimate of drug-likeness (QED) is 0.772. The SMILES string of the molecule is O=C(O)CNS(=O)(=O)CC12CCC(CC1)CC2. The molecule has 0 radical (unpaired) electrons. The molecule has 2 N–H and O–H groups in total. The van der Waals surface area contributed by atoms with Crippen molar-refractivity contribution in [2.75, 3.05) is 12.3 Å². The summed E-state index contributed by atoms with van der Waals surface area (Å²) in [6, 6.07) is 0. The van der Waals surface area contributed by atoms with Gasteiger partial charge < -0.3 is 5.11 Å². The molecule has 3 saturated carbocycles. The average Bonchev–Trinajstić information content (AvgIpc) is 2.28. The molecule has 0 spiro atoms. The maximum absolute atomic E-state index is 11.8. The van der Waals surface area contributed by atoms with Crippen LogP contribution in [0.15, 0.2) is 0 Å². The van der Waals surface area contributed by atoms with E-state index in [-0.39, 0.29) is 11.2 Å². The number of fused-ring (bicyclic) bond motifs is 3. The number of carboxylic acid groups (broad SMARTS) is 1. The first-order valence-corrected chi connectivity index (χ1v) is 7.75. The van der Waals surface area contributed by atoms with Crippen LogP contribution in [0.5, 0.6) is 0 Å². The third kappa shape index (κ3) is 3.19. The highest BCUT2D eigenvalue weighted by Gasteiger charge is 2.43. The van der Waals surface area contributed by atoms with Gasteiger partial charge in [0.2, 0.25) is 10.0 Å². The van der Waals surface area contributed by atoms with Crippen LogP contribution in [-0.2, 0) is 14.8 Å². The first-order chi connectivity index (χ1) is 7.91. The summed E-state index contributed by atoms with van der Waals surface area (Å²) in [6.07, 6.45) is 6.33. The number of sulfonamides is 1. The van der Waals surface area contributed by atoms with Gasteiger partial charge in [0, 0.05) is 0 Å². The maximum atomic E-state index is 11.8. The van der Waals surface area contributed by atoms with Crippen molar-refractivity contribution in [3.8, 4) is 0 Å². The fraction of sp³-hybridized carbons (Fsp3) is 0.909. The van der Waals surface area contributed by atoms with E-state index in [0.717, 1.165) is 44.4 Å². The van der Waals surface area contributed by atoms with Crippen molar-refractivity contribution in [2.24, 2.45) is 11.3 Å². The summed E-state index contributed by atoms with van der Waals surface area (Å²) >= 11 is 0. The van der Waals surface area contributed by atoms with Crippen LogP contribution in [-0.4, -0.2) is 31.8 Å². The molecule has 0 aliphatic heterocycles. The summed E-state index contributed by atoms with van der Waals surface area (Å²) < 4.78 is 25.8. The van der Waals surface area contributed by atoms with Crippen LogP contribution in [0.3, 0.4) is 0 Å². The highest BCUT2D eigenvalue weighted by Crippen LogP contribution is 2.50. The molecule has 6 heteroatoms. The van der Waals surface area contributed by atoms with Gasteiger partial charge in [-0.3, -0.25) is 4.79 Å². The van der Waals surface area contributed by atoms with Gasteiger partial charge in [-0.25, -0.2) is 13.1 Å². The van der Waals surface area contributed by atoms with Crippen LogP contribution >= 0.6 is 0 Å². The molecular formula is C11H19NO4S. The van der Waals surface area contributed by atoms with Crippen LogP contribution in [0.4, 0.5) is 0 Å². The van der Waals surface area contributed by atoms with Crippen LogP contribution in [0.2, 0.25) is 0 Å². The number of hydrogen-bond acceptors (Lipinski definition) is 3. The molecule has 0 aromatic carbocycles. The molecule has 0 unspecified atom stereocenters. The third-order valence-corrected chi connectivity index (χ3v) is 5.76. The maximum Gasteiger partial charge on any atom is 0.318 e. The van der Waals surface area contributed by atoms with E-state index in [2.05, 4.69) is 4.72 Å². The molecule has 0 heterocycles. The van der Waals surface area contributed by atoms with Gasteiger partial charge in [-0.1, -0.05) is 0 Å². The van der Waals surface area contributed by atoms with Crippen molar-refractivity contribution < 1.29 is 18.3 Å². The van der Waals surface area contributed by atoms with Crippen molar-refractivity contribution in [1.82, 2.24) is 4.72 Å². The van der Waals surface area contributed by atoms with E-state index >= 15 is 0 Å². The summed E-state index contributed by atoms with van der Waals surface area (Å²) in [5.41, 5.74) is -0.0842. The molecule has 2 bridgehead atoms. The van der Waals surface area contributed by atoms with E-state index < -0.39 is 22.5 Å². The Hall–Kier alpha value is -0.620. The van der Waals surface area contributed by atoms with E-state index in [4.69, 9.17) is 5.11 Å². The Bertz CT molecular complexity index is 382. The monoisotopic (exact) mass is 261 g/mol. The zero-order valence-corrected chi connectivity index (χ0v) is 10.6. The van der Waals surface area contributed by atoms with Gasteiger partial charge in [-0.05, 0) is 49.9 Å². The van der Waals surface area contributed by atoms with Crippen molar-refractivity contribution in [1.29, 1.82) is 0 Å². The minimum atomic E-state index is -3.45. The van der Waals surface area contributed by atoms with Crippen LogP contribution < -0.4 is 4.72 Å². The number of nitrogens with one attached hydrogen (secondary N) is 1. The van der Waals surface area contributed by atoms with E-state index in [1.807, 2.05) is 0 Å². The Kier molecular flexibility index (Phi) is 3.45. The number of carbonyl (C=O) groups is 1. The minimum absolute atomic E-state index is 0.0842. The number of rotatable bonds is 5. The normalized spacial score (nSPS) is 32.6. The molecule has 98 valence electrons. The summed E-state index contributed by atoms with van der Waals surface area (Å²) in [5.74, 6) is -0.245. The van der Waals surface area contributed by atoms with Gasteiger partial charge in [-0.2, -0.15) is 0 Å². The molecule has 0 amide bonds. The second kappa shape index (κ2) is 4.57. The lowest BCUT2D eigenvalue weighted by Gasteiger charge is -2.46. The molecular weight excluding hydrogens is 242 g/mol. The first-order valence-electron chi connectivity index (χ1n) is 6.10. The van der Waals surface area contributed by atoms with Gasteiger partial charge in [0.15, 0.2) is 0 Å². The predicted molar refractivity (Wildman–Crippen MR) is 63.1 cm³/mol. The highest BCUT2D eigenvalue weighted by molar-refractivity contribution is 7.89. The van der Waals surface area contributed by atoms with E-state index in [0.29, 0.717) is 0 Å². The Morgan fingerprint density at radius 1 is 1.24 bits per heavy atom. The van der Waals surface area contributed by atoms with Crippen LogP contribution in [0, 0.1) is 11.3 Å². The smallest absolute Gasteiger partial charge is 0.318 e. The van der Waals surface area contributed by atoms with Crippen molar-refractivity contribution in [2.45, 2.75) is 38.5 Å². The Morgan fingerprint density at radius 2 is 1.76 bits per heavy atom. The van der Waals surface area contributed by atoms with Crippen molar-refractivity contribution in [3.05, 3.63) is 0 Å². The van der Waals surface area contributed by atoms with Gasteiger partial charge in [0.05, 0.1) is 5.75 Å². The fourth-order valence-electron chi connectivity index (χ4n) is 3.18. The molecule has 3 aliphatic rings. The molecule has 3 rings (SSSR count). The molecule has 3 fully saturated rings. The van der Waals surface area contributed by atoms with E-state index in [9.17, 15) is 13.2 Å². The molecule has 3 aliphatic carbocycles. The van der Waals surface area contributed by atoms with Crippen LogP contribution in [0.1, 0.15) is 38.5 Å². The Balaban J connectivity index is 1.97. The summed E-state index contributed by atoms with van der Waals surface area (Å²) in [4.78, 5) is 10.4. The van der Waals surface area contributed by atoms with Gasteiger partial charge >= 0.3 is 5.97 Å². The lowest BCUT2D eigenvalue weighted by Crippen LogP contribution is -2.43. The van der Waals surface area contributed by atoms with Gasteiger partial charge in [0.25, 0.3) is 0 Å². The van der Waals surface area contributed by atoms with Gasteiger partial charge in [0.1, 0.15) is 6.54 Å². The molecule has 0 atom stereocenters. The van der Waals surface area contributed by atoms with Crippen molar-refractivity contribution >= 4 is 16.0 Å². The summed E-state index contributed by atoms with van der Waals surface area (Å²) in [7, 11) is -3.45. The topological polar surface area (TPSA) is 83.5 Å². The van der Waals surface area contributed by atoms with Crippen LogP contribution in [0.25, 0.3) is 0 Å². The molecule has 17 heavy (non-hydrogen) atoms. The number of carboxylic acids is 1. The second-order valence-corrected chi connectivity index (χ2v) is 7.26. The summed E-state index contributed by atoms with van der Waals surface area (Å²) in [5, 5.41) is 8.48. The lowest BCUT2D eigenvalue weighted by atomic mass is 9.62. The first kappa shape index (κ1) is 12.8. The molecule has 0 aromatic rings. The standard InChI is InChI=1S/C11H19NO4S/c13-10(14)7-12-17(15,16)8-11-4-1-9(2-5-11)3-6-11/h9,12H,1-8H2,(H,13,14). The molecule has 0 saturated heterocycles. The van der Waals surface area contributed by atoms with Crippen molar-refractivity contribution in [3.63, 3.8) is 0 Å². The number of aliphatic carboxylic acids is 1. The Labute approximate surface area is 102 Å². The molecule has 5 nitrogen and oxygen atoms in total. The molecule has 0 aromatic heterocycles. The third-order valence-electron chi connectivity index (χ3n) is 4.19. The fourth-order valence-corrected chi connectivity index (χ4v) is 4.87. The zero-order valence-electron chi connectivity index (χ0n) is 9.81. The minimum Gasteiger partial charge on any atom is -0.480 e. The Morgan fingerprint density at radius 3 is 2.24 bits per heavy atom. The summed E-state index contributed by atoms with van der Waals surface area (Å²) in [6.45, 7) is -0.513. The average molecular weight is 261 g/mol. The largest absolute Gasteiger partial charge is 0.480 e. The lowest BCUT2D eigenvalue weighted by molar-refractivity contribution is -0.135. The zero-order chi connectivity index (χ0) is 12.5.